The minimum atomic E-state index is -0.496. The predicted molar refractivity (Wildman–Crippen MR) is 94.9 cm³/mol. The number of aromatic amines is 1. The lowest BCUT2D eigenvalue weighted by molar-refractivity contribution is -0.132. The molecule has 25 heavy (non-hydrogen) atoms. The molecule has 7 nitrogen and oxygen atoms in total. The number of nitrogens with one attached hydrogen (secondary N) is 1. The van der Waals surface area contributed by atoms with E-state index in [0.29, 0.717) is 18.6 Å². The monoisotopic (exact) mass is 354 g/mol. The minimum Gasteiger partial charge on any atom is -0.373 e. The number of hydrogen-bond acceptors (Lipinski definition) is 5. The zero-order valence-electron chi connectivity index (χ0n) is 16.2. The van der Waals surface area contributed by atoms with Crippen LogP contribution in [0.4, 0.5) is 0 Å². The first-order chi connectivity index (χ1) is 11.4. The molecule has 0 saturated carbocycles. The molecule has 1 aliphatic heterocycles. The van der Waals surface area contributed by atoms with Gasteiger partial charge in [0.15, 0.2) is 0 Å². The van der Waals surface area contributed by atoms with Crippen LogP contribution in [0.25, 0.3) is 0 Å². The van der Waals surface area contributed by atoms with Gasteiger partial charge in [-0.15, -0.1) is 0 Å². The van der Waals surface area contributed by atoms with Gasteiger partial charge in [0.1, 0.15) is 12.3 Å². The molecule has 2 heterocycles. The van der Waals surface area contributed by atoms with E-state index in [9.17, 15) is 9.59 Å². The highest BCUT2D eigenvalue weighted by atomic mass is 16.6. The maximum Gasteiger partial charge on any atom is 0.330 e. The average Bonchev–Trinajstić information content (AvgIpc) is 2.80. The van der Waals surface area contributed by atoms with Crippen LogP contribution in [0, 0.1) is 6.92 Å². The van der Waals surface area contributed by atoms with Crippen molar-refractivity contribution in [2.45, 2.75) is 84.5 Å². The molecule has 0 radical (unpaired) electrons. The number of ether oxygens (including phenoxy) is 3. The van der Waals surface area contributed by atoms with Crippen LogP contribution >= 0.6 is 0 Å². The lowest BCUT2D eigenvalue weighted by Gasteiger charge is -2.29. The van der Waals surface area contributed by atoms with Gasteiger partial charge in [0.2, 0.25) is 0 Å². The lowest BCUT2D eigenvalue weighted by atomic mass is 10.1. The SMILES string of the molecule is Cc1cn([C@H]2CC(OC(C)(C)C)[C@@H](COC(C)(C)C)O2)c(=O)[nH]c1=O. The molecule has 1 fully saturated rings. The Kier molecular flexibility index (Phi) is 5.61. The standard InChI is InChI=1S/C18H30N2O5/c1-11-9-20(16(22)19-15(11)21)14-8-12(25-18(5,6)7)13(24-14)10-23-17(2,3)4/h9,12-14H,8,10H2,1-7H3,(H,19,21,22)/t12?,13-,14-/m1/s1. The highest BCUT2D eigenvalue weighted by Gasteiger charge is 2.40. The van der Waals surface area contributed by atoms with E-state index in [1.807, 2.05) is 41.5 Å². The quantitative estimate of drug-likeness (QED) is 0.896. The van der Waals surface area contributed by atoms with E-state index < -0.39 is 11.9 Å². The van der Waals surface area contributed by atoms with E-state index in [0.717, 1.165) is 0 Å². The summed E-state index contributed by atoms with van der Waals surface area (Å²) in [4.78, 5) is 26.0. The van der Waals surface area contributed by atoms with Crippen molar-refractivity contribution in [1.82, 2.24) is 9.55 Å². The Morgan fingerprint density at radius 3 is 2.40 bits per heavy atom. The van der Waals surface area contributed by atoms with Gasteiger partial charge < -0.3 is 14.2 Å². The van der Waals surface area contributed by atoms with Crippen molar-refractivity contribution in [2.75, 3.05) is 6.61 Å². The second-order valence-electron chi connectivity index (χ2n) is 8.54. The summed E-state index contributed by atoms with van der Waals surface area (Å²) in [6.07, 6.45) is 1.06. The molecular weight excluding hydrogens is 324 g/mol. The first-order valence-corrected chi connectivity index (χ1v) is 8.65. The van der Waals surface area contributed by atoms with Crippen LogP contribution in [0.15, 0.2) is 15.8 Å². The second kappa shape index (κ2) is 7.05. The summed E-state index contributed by atoms with van der Waals surface area (Å²) < 4.78 is 19.5. The Bertz CT molecular complexity index is 708. The molecule has 0 aromatic carbocycles. The molecule has 142 valence electrons. The Morgan fingerprint density at radius 1 is 1.20 bits per heavy atom. The van der Waals surface area contributed by atoms with Crippen molar-refractivity contribution < 1.29 is 14.2 Å². The molecule has 2 rings (SSSR count). The molecule has 7 heteroatoms. The van der Waals surface area contributed by atoms with Crippen molar-refractivity contribution in [2.24, 2.45) is 0 Å². The predicted octanol–water partition coefficient (Wildman–Crippen LogP) is 2.13. The average molecular weight is 354 g/mol. The lowest BCUT2D eigenvalue weighted by Crippen LogP contribution is -2.37. The molecule has 1 aromatic heterocycles. The summed E-state index contributed by atoms with van der Waals surface area (Å²) in [5.41, 5.74) is -1.03. The van der Waals surface area contributed by atoms with Crippen LogP contribution < -0.4 is 11.2 Å². The fraction of sp³-hybridized carbons (Fsp3) is 0.778. The highest BCUT2D eigenvalue weighted by molar-refractivity contribution is 5.02. The number of aromatic nitrogens is 2. The van der Waals surface area contributed by atoms with Gasteiger partial charge in [-0.2, -0.15) is 0 Å². The number of aryl methyl sites for hydroxylation is 1. The van der Waals surface area contributed by atoms with Crippen molar-refractivity contribution in [3.63, 3.8) is 0 Å². The van der Waals surface area contributed by atoms with Crippen molar-refractivity contribution in [3.05, 3.63) is 32.6 Å². The van der Waals surface area contributed by atoms with Gasteiger partial charge in [-0.05, 0) is 48.5 Å². The molecule has 1 aromatic rings. The Morgan fingerprint density at radius 2 is 1.84 bits per heavy atom. The van der Waals surface area contributed by atoms with Crippen LogP contribution in [0.3, 0.4) is 0 Å². The van der Waals surface area contributed by atoms with Gasteiger partial charge in [-0.25, -0.2) is 4.79 Å². The zero-order chi connectivity index (χ0) is 19.0. The fourth-order valence-corrected chi connectivity index (χ4v) is 2.73. The van der Waals surface area contributed by atoms with E-state index >= 15 is 0 Å². The Balaban J connectivity index is 2.23. The number of hydrogen-bond donors (Lipinski definition) is 1. The third-order valence-electron chi connectivity index (χ3n) is 3.82. The van der Waals surface area contributed by atoms with Gasteiger partial charge in [-0.1, -0.05) is 0 Å². The fourth-order valence-electron chi connectivity index (χ4n) is 2.73. The Labute approximate surface area is 148 Å². The van der Waals surface area contributed by atoms with Gasteiger partial charge in [0.25, 0.3) is 5.56 Å². The van der Waals surface area contributed by atoms with E-state index in [1.165, 1.54) is 10.8 Å². The van der Waals surface area contributed by atoms with E-state index in [1.54, 1.807) is 6.92 Å². The molecule has 0 bridgehead atoms. The summed E-state index contributed by atoms with van der Waals surface area (Å²) in [7, 11) is 0. The zero-order valence-corrected chi connectivity index (χ0v) is 16.2. The van der Waals surface area contributed by atoms with Gasteiger partial charge in [-0.3, -0.25) is 14.3 Å². The topological polar surface area (TPSA) is 82.6 Å². The van der Waals surface area contributed by atoms with E-state index in [-0.39, 0.29) is 29.0 Å². The molecule has 1 unspecified atom stereocenters. The van der Waals surface area contributed by atoms with Gasteiger partial charge in [0, 0.05) is 18.2 Å². The van der Waals surface area contributed by atoms with E-state index in [2.05, 4.69) is 4.98 Å². The smallest absolute Gasteiger partial charge is 0.330 e. The number of H-pyrrole nitrogens is 1. The third-order valence-corrected chi connectivity index (χ3v) is 3.82. The van der Waals surface area contributed by atoms with Gasteiger partial charge in [0.05, 0.1) is 23.9 Å². The summed E-state index contributed by atoms with van der Waals surface area (Å²) in [6, 6.07) is 0. The molecular formula is C18H30N2O5. The first kappa shape index (κ1) is 19.9. The summed E-state index contributed by atoms with van der Waals surface area (Å²) in [6.45, 7) is 13.9. The molecule has 1 aliphatic rings. The summed E-state index contributed by atoms with van der Waals surface area (Å²) in [5.74, 6) is 0. The maximum absolute atomic E-state index is 12.2. The minimum absolute atomic E-state index is 0.202. The molecule has 1 saturated heterocycles. The number of rotatable bonds is 4. The molecule has 1 N–H and O–H groups in total. The molecule has 0 amide bonds. The first-order valence-electron chi connectivity index (χ1n) is 8.65. The van der Waals surface area contributed by atoms with Crippen LogP contribution in [0.1, 0.15) is 59.8 Å². The second-order valence-corrected chi connectivity index (χ2v) is 8.54. The van der Waals surface area contributed by atoms with Crippen LogP contribution in [-0.4, -0.2) is 39.6 Å². The number of nitrogens with zero attached hydrogens (tertiary/aromatic N) is 1. The molecule has 0 aliphatic carbocycles. The Hall–Kier alpha value is -1.44. The molecule has 3 atom stereocenters. The maximum atomic E-state index is 12.2. The highest BCUT2D eigenvalue weighted by Crippen LogP contribution is 2.33. The van der Waals surface area contributed by atoms with E-state index in [4.69, 9.17) is 14.2 Å². The van der Waals surface area contributed by atoms with Crippen molar-refractivity contribution in [1.29, 1.82) is 0 Å². The van der Waals surface area contributed by atoms with Crippen LogP contribution in [0.5, 0.6) is 0 Å². The summed E-state index contributed by atoms with van der Waals surface area (Å²) in [5, 5.41) is 0. The van der Waals surface area contributed by atoms with Gasteiger partial charge >= 0.3 is 5.69 Å². The largest absolute Gasteiger partial charge is 0.373 e. The van der Waals surface area contributed by atoms with Crippen molar-refractivity contribution in [3.8, 4) is 0 Å². The third kappa shape index (κ3) is 5.52. The van der Waals surface area contributed by atoms with Crippen molar-refractivity contribution >= 4 is 0 Å². The summed E-state index contributed by atoms with van der Waals surface area (Å²) >= 11 is 0. The normalized spacial score (nSPS) is 24.7. The van der Waals surface area contributed by atoms with Crippen LogP contribution in [0.2, 0.25) is 0 Å². The molecule has 0 spiro atoms. The van der Waals surface area contributed by atoms with Crippen LogP contribution in [-0.2, 0) is 14.2 Å².